The van der Waals surface area contributed by atoms with Crippen LogP contribution in [-0.2, 0) is 10.0 Å². The predicted molar refractivity (Wildman–Crippen MR) is 99.0 cm³/mol. The molecule has 3 N–H and O–H groups in total. The van der Waals surface area contributed by atoms with Gasteiger partial charge in [0.15, 0.2) is 0 Å². The molecule has 2 rings (SSSR count). The van der Waals surface area contributed by atoms with Crippen molar-refractivity contribution in [2.24, 2.45) is 10.2 Å². The highest BCUT2D eigenvalue weighted by Gasteiger charge is 2.06. The van der Waals surface area contributed by atoms with E-state index in [0.29, 0.717) is 5.69 Å². The Hall–Kier alpha value is -2.38. The second-order valence-corrected chi connectivity index (χ2v) is 6.76. The predicted octanol–water partition coefficient (Wildman–Crippen LogP) is 2.63. The zero-order valence-corrected chi connectivity index (χ0v) is 14.6. The van der Waals surface area contributed by atoms with Crippen molar-refractivity contribution >= 4 is 27.6 Å². The van der Waals surface area contributed by atoms with Gasteiger partial charge in [-0.3, -0.25) is 5.43 Å². The lowest BCUT2D eigenvalue weighted by Gasteiger charge is -2.20. The third kappa shape index (κ3) is 4.81. The summed E-state index contributed by atoms with van der Waals surface area (Å²) < 4.78 is 22.4. The number of nitrogens with zero attached hydrogens (tertiary/aromatic N) is 2. The lowest BCUT2D eigenvalue weighted by atomic mass is 10.2. The molecule has 0 heterocycles. The lowest BCUT2D eigenvalue weighted by Crippen LogP contribution is -2.21. The molecule has 24 heavy (non-hydrogen) atoms. The average Bonchev–Trinajstić information content (AvgIpc) is 2.57. The van der Waals surface area contributed by atoms with Gasteiger partial charge in [-0.15, -0.1) is 0 Å². The highest BCUT2D eigenvalue weighted by atomic mass is 32.2. The molecule has 0 bridgehead atoms. The third-order valence-corrected chi connectivity index (χ3v) is 4.54. The van der Waals surface area contributed by atoms with Gasteiger partial charge in [-0.25, -0.2) is 13.6 Å². The van der Waals surface area contributed by atoms with E-state index in [2.05, 4.69) is 41.4 Å². The monoisotopic (exact) mass is 346 g/mol. The summed E-state index contributed by atoms with van der Waals surface area (Å²) in [6, 6.07) is 14.2. The van der Waals surface area contributed by atoms with Gasteiger partial charge in [0.25, 0.3) is 0 Å². The Morgan fingerprint density at radius 1 is 1.04 bits per heavy atom. The van der Waals surface area contributed by atoms with Crippen molar-refractivity contribution in [1.82, 2.24) is 0 Å². The van der Waals surface area contributed by atoms with Crippen molar-refractivity contribution in [3.63, 3.8) is 0 Å². The average molecular weight is 346 g/mol. The number of anilines is 2. The van der Waals surface area contributed by atoms with Crippen molar-refractivity contribution in [3.05, 3.63) is 54.1 Å². The van der Waals surface area contributed by atoms with Gasteiger partial charge < -0.3 is 4.90 Å². The SMILES string of the molecule is CCN(CC)c1ccc(/C=N/Nc2ccc(S(N)(=O)=O)cc2)cc1. The Kier molecular flexibility index (Phi) is 5.94. The molecule has 0 amide bonds. The van der Waals surface area contributed by atoms with Crippen molar-refractivity contribution in [3.8, 4) is 0 Å². The van der Waals surface area contributed by atoms with Crippen LogP contribution in [-0.4, -0.2) is 27.7 Å². The van der Waals surface area contributed by atoms with Gasteiger partial charge in [-0.1, -0.05) is 12.1 Å². The fraction of sp³-hybridized carbons (Fsp3) is 0.235. The van der Waals surface area contributed by atoms with Gasteiger partial charge >= 0.3 is 0 Å². The minimum Gasteiger partial charge on any atom is -0.372 e. The highest BCUT2D eigenvalue weighted by Crippen LogP contribution is 2.15. The molecular weight excluding hydrogens is 324 g/mol. The van der Waals surface area contributed by atoms with E-state index in [4.69, 9.17) is 5.14 Å². The summed E-state index contributed by atoms with van der Waals surface area (Å²) in [5.41, 5.74) is 5.69. The number of hydrogen-bond donors (Lipinski definition) is 2. The van der Waals surface area contributed by atoms with Crippen molar-refractivity contribution in [2.45, 2.75) is 18.7 Å². The van der Waals surface area contributed by atoms with E-state index in [0.717, 1.165) is 18.7 Å². The minimum absolute atomic E-state index is 0.0732. The molecule has 2 aromatic carbocycles. The molecule has 0 aliphatic carbocycles. The van der Waals surface area contributed by atoms with Crippen LogP contribution in [0.15, 0.2) is 58.5 Å². The van der Waals surface area contributed by atoms with Crippen LogP contribution in [0.3, 0.4) is 0 Å². The van der Waals surface area contributed by atoms with Gasteiger partial charge in [0.2, 0.25) is 10.0 Å². The maximum atomic E-state index is 11.2. The fourth-order valence-corrected chi connectivity index (χ4v) is 2.78. The van der Waals surface area contributed by atoms with E-state index in [-0.39, 0.29) is 4.90 Å². The molecule has 7 heteroatoms. The topological polar surface area (TPSA) is 87.8 Å². The van der Waals surface area contributed by atoms with Gasteiger partial charge in [-0.05, 0) is 55.8 Å². The molecule has 6 nitrogen and oxygen atoms in total. The second-order valence-electron chi connectivity index (χ2n) is 5.20. The Labute approximate surface area is 143 Å². The number of benzene rings is 2. The van der Waals surface area contributed by atoms with E-state index < -0.39 is 10.0 Å². The van der Waals surface area contributed by atoms with E-state index in [1.54, 1.807) is 18.3 Å². The maximum absolute atomic E-state index is 11.2. The number of rotatable bonds is 7. The van der Waals surface area contributed by atoms with Gasteiger partial charge in [0.05, 0.1) is 16.8 Å². The number of hydrogen-bond acceptors (Lipinski definition) is 5. The normalized spacial score (nSPS) is 11.6. The minimum atomic E-state index is -3.67. The smallest absolute Gasteiger partial charge is 0.238 e. The lowest BCUT2D eigenvalue weighted by molar-refractivity contribution is 0.598. The summed E-state index contributed by atoms with van der Waals surface area (Å²) >= 11 is 0. The Balaban J connectivity index is 1.99. The van der Waals surface area contributed by atoms with E-state index in [1.165, 1.54) is 17.8 Å². The number of sulfonamides is 1. The van der Waals surface area contributed by atoms with Crippen molar-refractivity contribution in [1.29, 1.82) is 0 Å². The van der Waals surface area contributed by atoms with Gasteiger partial charge in [-0.2, -0.15) is 5.10 Å². The first-order valence-corrected chi connectivity index (χ1v) is 9.25. The van der Waals surface area contributed by atoms with Crippen molar-refractivity contribution in [2.75, 3.05) is 23.4 Å². The van der Waals surface area contributed by atoms with E-state index >= 15 is 0 Å². The molecule has 0 saturated heterocycles. The molecular formula is C17H22N4O2S. The molecule has 0 aromatic heterocycles. The maximum Gasteiger partial charge on any atom is 0.238 e. The van der Waals surface area contributed by atoms with Crippen LogP contribution in [0.5, 0.6) is 0 Å². The van der Waals surface area contributed by atoms with Crippen LogP contribution in [0.1, 0.15) is 19.4 Å². The highest BCUT2D eigenvalue weighted by molar-refractivity contribution is 7.89. The third-order valence-electron chi connectivity index (χ3n) is 3.61. The summed E-state index contributed by atoms with van der Waals surface area (Å²) in [6.45, 7) is 6.20. The number of nitrogens with one attached hydrogen (secondary N) is 1. The molecule has 0 unspecified atom stereocenters. The fourth-order valence-electron chi connectivity index (χ4n) is 2.26. The van der Waals surface area contributed by atoms with E-state index in [1.807, 2.05) is 12.1 Å². The Morgan fingerprint density at radius 3 is 2.12 bits per heavy atom. The first-order chi connectivity index (χ1) is 11.4. The summed E-state index contributed by atoms with van der Waals surface area (Å²) in [5, 5.41) is 9.20. The number of primary sulfonamides is 1. The molecule has 0 atom stereocenters. The standard InChI is InChI=1S/C17H22N4O2S/c1-3-21(4-2)16-9-5-14(6-10-16)13-19-20-15-7-11-17(12-8-15)24(18,22)23/h5-13,20H,3-4H2,1-2H3,(H2,18,22,23)/b19-13+. The molecule has 0 aliphatic rings. The molecule has 2 aromatic rings. The van der Waals surface area contributed by atoms with Gasteiger partial charge in [0, 0.05) is 18.8 Å². The summed E-state index contributed by atoms with van der Waals surface area (Å²) in [4.78, 5) is 2.34. The molecule has 0 spiro atoms. The summed E-state index contributed by atoms with van der Waals surface area (Å²) in [7, 11) is -3.67. The van der Waals surface area contributed by atoms with Gasteiger partial charge in [0.1, 0.15) is 0 Å². The first kappa shape index (κ1) is 18.0. The van der Waals surface area contributed by atoms with Crippen LogP contribution in [0.25, 0.3) is 0 Å². The van der Waals surface area contributed by atoms with Crippen LogP contribution in [0.2, 0.25) is 0 Å². The van der Waals surface area contributed by atoms with Crippen LogP contribution in [0, 0.1) is 0 Å². The molecule has 0 saturated carbocycles. The number of nitrogens with two attached hydrogens (primary N) is 1. The van der Waals surface area contributed by atoms with Crippen LogP contribution >= 0.6 is 0 Å². The second kappa shape index (κ2) is 7.94. The zero-order valence-electron chi connectivity index (χ0n) is 13.8. The van der Waals surface area contributed by atoms with Crippen molar-refractivity contribution < 1.29 is 8.42 Å². The summed E-state index contributed by atoms with van der Waals surface area (Å²) in [6.07, 6.45) is 1.71. The molecule has 0 aliphatic heterocycles. The van der Waals surface area contributed by atoms with Crippen LogP contribution < -0.4 is 15.5 Å². The molecule has 0 fully saturated rings. The number of hydrazone groups is 1. The Morgan fingerprint density at radius 2 is 1.62 bits per heavy atom. The molecule has 0 radical (unpaired) electrons. The quantitative estimate of drug-likeness (QED) is 0.596. The Bertz CT molecular complexity index is 780. The summed E-state index contributed by atoms with van der Waals surface area (Å²) in [5.74, 6) is 0. The van der Waals surface area contributed by atoms with Crippen LogP contribution in [0.4, 0.5) is 11.4 Å². The first-order valence-electron chi connectivity index (χ1n) is 7.71. The zero-order chi connectivity index (χ0) is 17.6. The van der Waals surface area contributed by atoms with E-state index in [9.17, 15) is 8.42 Å². The molecule has 128 valence electrons. The largest absolute Gasteiger partial charge is 0.372 e.